The molecule has 0 N–H and O–H groups in total. The van der Waals surface area contributed by atoms with Crippen LogP contribution in [0, 0.1) is 17.2 Å². The second-order valence-electron chi connectivity index (χ2n) is 8.44. The highest BCUT2D eigenvalue weighted by atomic mass is 16.5. The number of amides is 1. The fourth-order valence-corrected chi connectivity index (χ4v) is 4.91. The van der Waals surface area contributed by atoms with E-state index in [2.05, 4.69) is 29.2 Å². The first-order chi connectivity index (χ1) is 14.7. The van der Waals surface area contributed by atoms with Crippen molar-refractivity contribution in [3.05, 3.63) is 58.3 Å². The number of hydrogen-bond donors (Lipinski definition) is 0. The van der Waals surface area contributed by atoms with E-state index in [9.17, 15) is 10.1 Å². The molecule has 3 aliphatic heterocycles. The summed E-state index contributed by atoms with van der Waals surface area (Å²) in [6.45, 7) is 4.15. The average Bonchev–Trinajstić information content (AvgIpc) is 2.82. The molecule has 5 rings (SSSR count). The zero-order valence-electron chi connectivity index (χ0n) is 17.1. The summed E-state index contributed by atoms with van der Waals surface area (Å²) in [6, 6.07) is 12.6. The van der Waals surface area contributed by atoms with Crippen molar-refractivity contribution in [2.45, 2.75) is 38.8 Å². The average molecular weight is 402 g/mol. The predicted octanol–water partition coefficient (Wildman–Crippen LogP) is 2.83. The summed E-state index contributed by atoms with van der Waals surface area (Å²) in [6.07, 6.45) is 3.53. The van der Waals surface area contributed by atoms with E-state index in [1.807, 2.05) is 17.0 Å². The molecular formula is C24H26N4O2. The minimum atomic E-state index is -0.0447. The van der Waals surface area contributed by atoms with Crippen molar-refractivity contribution in [2.75, 3.05) is 31.1 Å². The van der Waals surface area contributed by atoms with E-state index in [-0.39, 0.29) is 11.8 Å². The molecule has 1 aromatic heterocycles. The lowest BCUT2D eigenvalue weighted by Crippen LogP contribution is -2.46. The van der Waals surface area contributed by atoms with E-state index in [1.165, 1.54) is 11.1 Å². The van der Waals surface area contributed by atoms with Crippen LogP contribution in [0.2, 0.25) is 0 Å². The summed E-state index contributed by atoms with van der Waals surface area (Å²) in [5, 5.41) is 9.69. The van der Waals surface area contributed by atoms with Gasteiger partial charge in [-0.2, -0.15) is 5.26 Å². The van der Waals surface area contributed by atoms with E-state index in [0.29, 0.717) is 31.9 Å². The van der Waals surface area contributed by atoms with Gasteiger partial charge in [0.2, 0.25) is 5.91 Å². The lowest BCUT2D eigenvalue weighted by molar-refractivity contribution is -0.136. The van der Waals surface area contributed by atoms with Gasteiger partial charge in [-0.15, -0.1) is 0 Å². The van der Waals surface area contributed by atoms with Gasteiger partial charge in [0.15, 0.2) is 0 Å². The number of piperidine rings is 1. The molecule has 1 fully saturated rings. The molecule has 154 valence electrons. The smallest absolute Gasteiger partial charge is 0.227 e. The van der Waals surface area contributed by atoms with Crippen molar-refractivity contribution >= 4 is 11.7 Å². The summed E-state index contributed by atoms with van der Waals surface area (Å²) in [7, 11) is 0. The first-order valence-corrected chi connectivity index (χ1v) is 10.8. The Morgan fingerprint density at radius 1 is 1.17 bits per heavy atom. The van der Waals surface area contributed by atoms with E-state index in [0.717, 1.165) is 55.8 Å². The summed E-state index contributed by atoms with van der Waals surface area (Å²) < 4.78 is 5.51. The molecule has 1 amide bonds. The molecule has 0 aliphatic carbocycles. The normalized spacial score (nSPS) is 20.8. The Hall–Kier alpha value is -2.91. The minimum Gasteiger partial charge on any atom is -0.376 e. The van der Waals surface area contributed by atoms with Crippen LogP contribution >= 0.6 is 0 Å². The molecular weight excluding hydrogens is 376 g/mol. The number of anilines is 1. The van der Waals surface area contributed by atoms with Crippen molar-refractivity contribution in [1.29, 1.82) is 5.26 Å². The number of carbonyl (C=O) groups is 1. The maximum atomic E-state index is 13.3. The number of ether oxygens (including phenoxy) is 1. The molecule has 0 radical (unpaired) electrons. The summed E-state index contributed by atoms with van der Waals surface area (Å²) in [4.78, 5) is 22.3. The molecule has 0 bridgehead atoms. The Morgan fingerprint density at radius 3 is 2.90 bits per heavy atom. The van der Waals surface area contributed by atoms with Gasteiger partial charge in [-0.3, -0.25) is 4.79 Å². The van der Waals surface area contributed by atoms with Crippen LogP contribution in [0.15, 0.2) is 30.3 Å². The van der Waals surface area contributed by atoms with Crippen molar-refractivity contribution in [3.63, 3.8) is 0 Å². The highest BCUT2D eigenvalue weighted by Gasteiger charge is 2.32. The number of nitrogens with zero attached hydrogens (tertiary/aromatic N) is 4. The number of pyridine rings is 1. The Balaban J connectivity index is 1.34. The summed E-state index contributed by atoms with van der Waals surface area (Å²) >= 11 is 0. The largest absolute Gasteiger partial charge is 0.376 e. The molecule has 1 atom stereocenters. The van der Waals surface area contributed by atoms with Crippen molar-refractivity contribution in [1.82, 2.24) is 9.88 Å². The summed E-state index contributed by atoms with van der Waals surface area (Å²) in [5.41, 5.74) is 5.23. The predicted molar refractivity (Wildman–Crippen MR) is 113 cm³/mol. The topological polar surface area (TPSA) is 69.5 Å². The molecule has 2 aromatic rings. The van der Waals surface area contributed by atoms with Gasteiger partial charge >= 0.3 is 0 Å². The lowest BCUT2D eigenvalue weighted by atomic mass is 9.93. The fourth-order valence-electron chi connectivity index (χ4n) is 4.91. The van der Waals surface area contributed by atoms with Gasteiger partial charge in [0.25, 0.3) is 0 Å². The molecule has 4 heterocycles. The van der Waals surface area contributed by atoms with E-state index in [4.69, 9.17) is 9.72 Å². The van der Waals surface area contributed by atoms with Gasteiger partial charge < -0.3 is 14.5 Å². The quantitative estimate of drug-likeness (QED) is 0.773. The van der Waals surface area contributed by atoms with Crippen LogP contribution < -0.4 is 4.90 Å². The molecule has 30 heavy (non-hydrogen) atoms. The first-order valence-electron chi connectivity index (χ1n) is 10.8. The molecule has 1 aromatic carbocycles. The number of fused-ring (bicyclic) bond motifs is 2. The zero-order chi connectivity index (χ0) is 20.5. The number of hydrogen-bond acceptors (Lipinski definition) is 5. The monoisotopic (exact) mass is 402 g/mol. The third-order valence-electron chi connectivity index (χ3n) is 6.54. The van der Waals surface area contributed by atoms with E-state index in [1.54, 1.807) is 0 Å². The second-order valence-corrected chi connectivity index (χ2v) is 8.44. The number of benzene rings is 1. The Bertz CT molecular complexity index is 1010. The SMILES string of the molecule is N#Cc1cc2c(nc1N1CCCC(C(=O)N3CCc4ccccc4C3)C1)CCOC2. The molecule has 6 heteroatoms. The molecule has 3 aliphatic rings. The van der Waals surface area contributed by atoms with E-state index < -0.39 is 0 Å². The first kappa shape index (κ1) is 19.1. The highest BCUT2D eigenvalue weighted by molar-refractivity contribution is 5.80. The van der Waals surface area contributed by atoms with Crippen molar-refractivity contribution in [2.24, 2.45) is 5.92 Å². The maximum absolute atomic E-state index is 13.3. The fraction of sp³-hybridized carbons (Fsp3) is 0.458. The third kappa shape index (κ3) is 3.54. The van der Waals surface area contributed by atoms with Crippen LogP contribution in [0.5, 0.6) is 0 Å². The number of carbonyl (C=O) groups excluding carboxylic acids is 1. The molecule has 6 nitrogen and oxygen atoms in total. The second kappa shape index (κ2) is 8.08. The number of aromatic nitrogens is 1. The third-order valence-corrected chi connectivity index (χ3v) is 6.54. The Labute approximate surface area is 177 Å². The molecule has 1 saturated heterocycles. The molecule has 0 spiro atoms. The summed E-state index contributed by atoms with van der Waals surface area (Å²) in [5.74, 6) is 0.926. The van der Waals surface area contributed by atoms with Crippen LogP contribution in [0.3, 0.4) is 0 Å². The van der Waals surface area contributed by atoms with Crippen LogP contribution in [0.1, 0.15) is 40.8 Å². The van der Waals surface area contributed by atoms with Gasteiger partial charge in [-0.1, -0.05) is 24.3 Å². The van der Waals surface area contributed by atoms with Gasteiger partial charge in [0.1, 0.15) is 11.9 Å². The van der Waals surface area contributed by atoms with Crippen molar-refractivity contribution in [3.8, 4) is 6.07 Å². The number of nitriles is 1. The lowest BCUT2D eigenvalue weighted by Gasteiger charge is -2.37. The molecule has 1 unspecified atom stereocenters. The van der Waals surface area contributed by atoms with Crippen LogP contribution in [0.25, 0.3) is 0 Å². The van der Waals surface area contributed by atoms with Gasteiger partial charge in [0, 0.05) is 38.2 Å². The highest BCUT2D eigenvalue weighted by Crippen LogP contribution is 2.30. The molecule has 0 saturated carbocycles. The van der Waals surface area contributed by atoms with Crippen LogP contribution in [0.4, 0.5) is 5.82 Å². The zero-order valence-corrected chi connectivity index (χ0v) is 17.1. The maximum Gasteiger partial charge on any atom is 0.227 e. The standard InChI is InChI=1S/C24H26N4O2/c25-13-20-12-21-16-30-11-8-22(21)26-23(20)27-9-3-6-19(15-27)24(29)28-10-7-17-4-1-2-5-18(17)14-28/h1-2,4-5,12,19H,3,6-11,14-16H2. The van der Waals surface area contributed by atoms with Crippen molar-refractivity contribution < 1.29 is 9.53 Å². The Kier molecular flexibility index (Phi) is 5.14. The Morgan fingerprint density at radius 2 is 2.03 bits per heavy atom. The number of rotatable bonds is 2. The van der Waals surface area contributed by atoms with Gasteiger partial charge in [-0.25, -0.2) is 4.98 Å². The van der Waals surface area contributed by atoms with Gasteiger partial charge in [0.05, 0.1) is 30.4 Å². The minimum absolute atomic E-state index is 0.0447. The van der Waals surface area contributed by atoms with Crippen LogP contribution in [-0.2, 0) is 35.5 Å². The van der Waals surface area contributed by atoms with Crippen LogP contribution in [-0.4, -0.2) is 42.0 Å². The van der Waals surface area contributed by atoms with E-state index >= 15 is 0 Å². The van der Waals surface area contributed by atoms with Gasteiger partial charge in [-0.05, 0) is 36.5 Å².